The molecule has 0 atom stereocenters. The first kappa shape index (κ1) is 19.4. The molecule has 0 heterocycles. The van der Waals surface area contributed by atoms with E-state index in [2.05, 4.69) is 6.92 Å². The van der Waals surface area contributed by atoms with E-state index in [-0.39, 0.29) is 12.2 Å². The molecule has 5 heteroatoms. The van der Waals surface area contributed by atoms with Crippen LogP contribution in [0.5, 0.6) is 11.5 Å². The molecule has 0 saturated carbocycles. The zero-order valence-electron chi connectivity index (χ0n) is 13.7. The van der Waals surface area contributed by atoms with Gasteiger partial charge in [0.2, 0.25) is 5.82 Å². The highest BCUT2D eigenvalue weighted by Crippen LogP contribution is 2.25. The van der Waals surface area contributed by atoms with Gasteiger partial charge < -0.3 is 9.84 Å². The highest BCUT2D eigenvalue weighted by molar-refractivity contribution is 5.72. The van der Waals surface area contributed by atoms with Crippen LogP contribution in [-0.4, -0.2) is 11.1 Å². The molecule has 1 aromatic carbocycles. The lowest BCUT2D eigenvalue weighted by molar-refractivity contribution is -0.134. The Bertz CT molecular complexity index is 466. The van der Waals surface area contributed by atoms with Gasteiger partial charge in [0.25, 0.3) is 0 Å². The van der Waals surface area contributed by atoms with Crippen LogP contribution in [0.1, 0.15) is 71.1 Å². The number of carbonyl (C=O) groups is 1. The van der Waals surface area contributed by atoms with Crippen molar-refractivity contribution in [3.05, 3.63) is 23.8 Å². The third-order valence-corrected chi connectivity index (χ3v) is 3.70. The fraction of sp³-hybridized carbons (Fsp3) is 0.611. The molecule has 0 unspecified atom stereocenters. The summed E-state index contributed by atoms with van der Waals surface area (Å²) in [4.78, 5) is 11.6. The molecule has 1 aromatic rings. The van der Waals surface area contributed by atoms with Gasteiger partial charge in [-0.15, -0.1) is 0 Å². The minimum Gasteiger partial charge on any atom is -0.505 e. The van der Waals surface area contributed by atoms with Gasteiger partial charge in [-0.05, 0) is 6.42 Å². The SMILES string of the molecule is CCCCCCCCCCCC(=O)Oc1cc(O)c(F)c(F)c1. The van der Waals surface area contributed by atoms with Crippen molar-refractivity contribution in [3.63, 3.8) is 0 Å². The van der Waals surface area contributed by atoms with E-state index in [4.69, 9.17) is 9.84 Å². The normalized spacial score (nSPS) is 10.7. The van der Waals surface area contributed by atoms with Gasteiger partial charge in [0.05, 0.1) is 0 Å². The Hall–Kier alpha value is -1.65. The number of carbonyl (C=O) groups excluding carboxylic acids is 1. The van der Waals surface area contributed by atoms with Gasteiger partial charge in [0.1, 0.15) is 5.75 Å². The number of phenolic OH excluding ortho intramolecular Hbond substituents is 1. The average molecular weight is 328 g/mol. The first-order valence-corrected chi connectivity index (χ1v) is 8.43. The summed E-state index contributed by atoms with van der Waals surface area (Å²) in [5, 5.41) is 9.14. The number of halogens is 2. The number of unbranched alkanes of at least 4 members (excludes halogenated alkanes) is 8. The second-order valence-corrected chi connectivity index (χ2v) is 5.79. The van der Waals surface area contributed by atoms with E-state index in [0.29, 0.717) is 6.42 Å². The lowest BCUT2D eigenvalue weighted by Gasteiger charge is -2.06. The van der Waals surface area contributed by atoms with Crippen LogP contribution in [0.2, 0.25) is 0 Å². The van der Waals surface area contributed by atoms with Crippen molar-refractivity contribution in [2.45, 2.75) is 71.1 Å². The lowest BCUT2D eigenvalue weighted by atomic mass is 10.1. The molecule has 23 heavy (non-hydrogen) atoms. The van der Waals surface area contributed by atoms with Crippen LogP contribution in [0.15, 0.2) is 12.1 Å². The number of esters is 1. The zero-order valence-corrected chi connectivity index (χ0v) is 13.7. The number of hydrogen-bond donors (Lipinski definition) is 1. The highest BCUT2D eigenvalue weighted by atomic mass is 19.2. The van der Waals surface area contributed by atoms with Gasteiger partial charge in [-0.1, -0.05) is 58.3 Å². The van der Waals surface area contributed by atoms with Crippen molar-refractivity contribution in [1.29, 1.82) is 0 Å². The predicted molar refractivity (Wildman–Crippen MR) is 85.5 cm³/mol. The fourth-order valence-electron chi connectivity index (χ4n) is 2.37. The molecule has 0 aromatic heterocycles. The van der Waals surface area contributed by atoms with Crippen molar-refractivity contribution in [1.82, 2.24) is 0 Å². The molecule has 0 spiro atoms. The molecule has 1 rings (SSSR count). The quantitative estimate of drug-likeness (QED) is 0.331. The lowest BCUT2D eigenvalue weighted by Crippen LogP contribution is -2.08. The molecule has 0 aliphatic carbocycles. The molecule has 130 valence electrons. The molecule has 1 N–H and O–H groups in total. The van der Waals surface area contributed by atoms with Crippen molar-refractivity contribution in [3.8, 4) is 11.5 Å². The summed E-state index contributed by atoms with van der Waals surface area (Å²) in [5.74, 6) is -4.13. The Kier molecular flexibility index (Phi) is 9.25. The van der Waals surface area contributed by atoms with Gasteiger partial charge in [0.15, 0.2) is 11.6 Å². The minimum atomic E-state index is -1.34. The van der Waals surface area contributed by atoms with E-state index in [1.165, 1.54) is 38.5 Å². The van der Waals surface area contributed by atoms with Gasteiger partial charge in [-0.25, -0.2) is 4.39 Å². The summed E-state index contributed by atoms with van der Waals surface area (Å²) in [6, 6.07) is 1.65. The van der Waals surface area contributed by atoms with E-state index < -0.39 is 23.4 Å². The molecule has 0 saturated heterocycles. The van der Waals surface area contributed by atoms with Crippen LogP contribution in [0.3, 0.4) is 0 Å². The van der Waals surface area contributed by atoms with Crippen LogP contribution >= 0.6 is 0 Å². The summed E-state index contributed by atoms with van der Waals surface area (Å²) in [7, 11) is 0. The van der Waals surface area contributed by atoms with Crippen LogP contribution in [0.25, 0.3) is 0 Å². The molecule has 0 radical (unpaired) electrons. The van der Waals surface area contributed by atoms with Crippen molar-refractivity contribution < 1.29 is 23.4 Å². The van der Waals surface area contributed by atoms with Crippen LogP contribution < -0.4 is 4.74 Å². The predicted octanol–water partition coefficient (Wildman–Crippen LogP) is 5.50. The number of ether oxygens (including phenoxy) is 1. The maximum atomic E-state index is 13.1. The van der Waals surface area contributed by atoms with E-state index in [0.717, 1.165) is 25.0 Å². The second kappa shape index (κ2) is 11.0. The van der Waals surface area contributed by atoms with Gasteiger partial charge >= 0.3 is 5.97 Å². The number of benzene rings is 1. The molecule has 0 aliphatic rings. The minimum absolute atomic E-state index is 0.178. The fourth-order valence-corrected chi connectivity index (χ4v) is 2.37. The van der Waals surface area contributed by atoms with Crippen molar-refractivity contribution >= 4 is 5.97 Å². The van der Waals surface area contributed by atoms with Gasteiger partial charge in [-0.3, -0.25) is 4.79 Å². The van der Waals surface area contributed by atoms with Gasteiger partial charge in [0, 0.05) is 18.6 Å². The standard InChI is InChI=1S/C18H26F2O3/c1-2-3-4-5-6-7-8-9-10-11-17(22)23-14-12-15(19)18(20)16(21)13-14/h12-13,21H,2-11H2,1H3. The van der Waals surface area contributed by atoms with Crippen LogP contribution in [0, 0.1) is 11.6 Å². The molecular weight excluding hydrogens is 302 g/mol. The maximum absolute atomic E-state index is 13.1. The third-order valence-electron chi connectivity index (χ3n) is 3.70. The van der Waals surface area contributed by atoms with Crippen molar-refractivity contribution in [2.75, 3.05) is 0 Å². The Balaban J connectivity index is 2.13. The Morgan fingerprint density at radius 1 is 1.00 bits per heavy atom. The Morgan fingerprint density at radius 3 is 2.13 bits per heavy atom. The Morgan fingerprint density at radius 2 is 1.57 bits per heavy atom. The molecule has 0 bridgehead atoms. The molecular formula is C18H26F2O3. The zero-order chi connectivity index (χ0) is 17.1. The highest BCUT2D eigenvalue weighted by Gasteiger charge is 2.12. The third kappa shape index (κ3) is 7.95. The van der Waals surface area contributed by atoms with E-state index in [1.54, 1.807) is 0 Å². The average Bonchev–Trinajstić information content (AvgIpc) is 2.51. The summed E-state index contributed by atoms with van der Waals surface area (Å²) < 4.78 is 30.9. The summed E-state index contributed by atoms with van der Waals surface area (Å²) in [6.45, 7) is 2.20. The van der Waals surface area contributed by atoms with E-state index in [1.807, 2.05) is 0 Å². The maximum Gasteiger partial charge on any atom is 0.311 e. The molecule has 0 aliphatic heterocycles. The molecule has 0 fully saturated rings. The van der Waals surface area contributed by atoms with E-state index >= 15 is 0 Å². The monoisotopic (exact) mass is 328 g/mol. The summed E-state index contributed by atoms with van der Waals surface area (Å²) >= 11 is 0. The first-order chi connectivity index (χ1) is 11.0. The van der Waals surface area contributed by atoms with Crippen LogP contribution in [-0.2, 0) is 4.79 Å². The smallest absolute Gasteiger partial charge is 0.311 e. The first-order valence-electron chi connectivity index (χ1n) is 8.43. The summed E-state index contributed by atoms with van der Waals surface area (Å²) in [5.41, 5.74) is 0. The Labute approximate surface area is 136 Å². The van der Waals surface area contributed by atoms with E-state index in [9.17, 15) is 13.6 Å². The summed E-state index contributed by atoms with van der Waals surface area (Å²) in [6.07, 6.45) is 10.5. The van der Waals surface area contributed by atoms with Crippen LogP contribution in [0.4, 0.5) is 8.78 Å². The number of hydrogen-bond acceptors (Lipinski definition) is 3. The van der Waals surface area contributed by atoms with Gasteiger partial charge in [-0.2, -0.15) is 4.39 Å². The van der Waals surface area contributed by atoms with Crippen molar-refractivity contribution in [2.24, 2.45) is 0 Å². The molecule has 3 nitrogen and oxygen atoms in total. The topological polar surface area (TPSA) is 46.5 Å². The number of rotatable bonds is 11. The molecule has 0 amide bonds. The largest absolute Gasteiger partial charge is 0.505 e. The number of phenols is 1. The second-order valence-electron chi connectivity index (χ2n) is 5.79. The number of aromatic hydroxyl groups is 1.